The van der Waals surface area contributed by atoms with Crippen molar-refractivity contribution in [2.45, 2.75) is 98.5 Å². The fourth-order valence-electron chi connectivity index (χ4n) is 5.34. The Hall–Kier alpha value is -2.06. The molecule has 2 aromatic heterocycles. The molecule has 1 amide bonds. The van der Waals surface area contributed by atoms with E-state index in [1.807, 2.05) is 50.2 Å². The van der Waals surface area contributed by atoms with Gasteiger partial charge >= 0.3 is 6.09 Å². The molecule has 3 rings (SSSR count). The number of aryl methyl sites for hydroxylation is 3. The SMILES string of the molecule is COc1nc(C)cc(C)c1CCCCCc1sc(CC2CCN(C(=O)OC(C)(C)C)CC2)c(C)c1C(=O)SC. The molecule has 0 aliphatic carbocycles. The monoisotopic (exact) mass is 574 g/mol. The molecule has 1 aliphatic heterocycles. The van der Waals surface area contributed by atoms with Gasteiger partial charge in [0.2, 0.25) is 11.0 Å². The molecule has 0 bridgehead atoms. The van der Waals surface area contributed by atoms with E-state index in [1.54, 1.807) is 7.11 Å². The number of carbonyl (C=O) groups is 2. The Kier molecular flexibility index (Phi) is 11.3. The number of methoxy groups -OCH3 is 1. The molecule has 0 N–H and O–H groups in total. The molecule has 0 spiro atoms. The summed E-state index contributed by atoms with van der Waals surface area (Å²) >= 11 is 3.14. The van der Waals surface area contributed by atoms with E-state index >= 15 is 0 Å². The number of thiophene rings is 1. The van der Waals surface area contributed by atoms with Crippen molar-refractivity contribution in [3.63, 3.8) is 0 Å². The van der Waals surface area contributed by atoms with Crippen molar-refractivity contribution in [3.8, 4) is 5.88 Å². The van der Waals surface area contributed by atoms with Crippen molar-refractivity contribution < 1.29 is 19.1 Å². The number of likely N-dealkylation sites (tertiary alicyclic amines) is 1. The average molecular weight is 575 g/mol. The van der Waals surface area contributed by atoms with Crippen LogP contribution in [0.2, 0.25) is 0 Å². The summed E-state index contributed by atoms with van der Waals surface area (Å²) < 4.78 is 11.1. The van der Waals surface area contributed by atoms with Crippen molar-refractivity contribution in [1.29, 1.82) is 0 Å². The van der Waals surface area contributed by atoms with Crippen LogP contribution in [0.1, 0.15) is 95.4 Å². The molecule has 0 atom stereocenters. The van der Waals surface area contributed by atoms with Gasteiger partial charge in [0.25, 0.3) is 0 Å². The molecule has 3 heterocycles. The van der Waals surface area contributed by atoms with E-state index in [-0.39, 0.29) is 11.2 Å². The first kappa shape index (κ1) is 31.5. The minimum Gasteiger partial charge on any atom is -0.481 e. The third kappa shape index (κ3) is 8.71. The number of carbonyl (C=O) groups excluding carboxylic acids is 2. The summed E-state index contributed by atoms with van der Waals surface area (Å²) in [6.07, 6.45) is 9.69. The Balaban J connectivity index is 1.57. The summed E-state index contributed by atoms with van der Waals surface area (Å²) in [5.74, 6) is 1.27. The van der Waals surface area contributed by atoms with Crippen LogP contribution in [0, 0.1) is 26.7 Å². The second kappa shape index (κ2) is 14.0. The van der Waals surface area contributed by atoms with Gasteiger partial charge in [0.15, 0.2) is 0 Å². The van der Waals surface area contributed by atoms with Crippen LogP contribution in [0.5, 0.6) is 5.88 Å². The first-order valence-electron chi connectivity index (χ1n) is 14.1. The lowest BCUT2D eigenvalue weighted by Crippen LogP contribution is -2.42. The van der Waals surface area contributed by atoms with Crippen molar-refractivity contribution in [3.05, 3.63) is 43.8 Å². The average Bonchev–Trinajstić information content (AvgIpc) is 3.17. The molecule has 8 heteroatoms. The topological polar surface area (TPSA) is 68.7 Å². The van der Waals surface area contributed by atoms with Crippen LogP contribution < -0.4 is 4.74 Å². The molecule has 1 saturated heterocycles. The number of nitrogens with zero attached hydrogens (tertiary/aromatic N) is 2. The fourth-order valence-corrected chi connectivity index (χ4v) is 7.35. The zero-order valence-electron chi connectivity index (χ0n) is 25.1. The van der Waals surface area contributed by atoms with Crippen molar-refractivity contribution >= 4 is 34.3 Å². The molecular weight excluding hydrogens is 528 g/mol. The Labute approximate surface area is 243 Å². The molecule has 1 aliphatic rings. The highest BCUT2D eigenvalue weighted by atomic mass is 32.2. The molecule has 0 unspecified atom stereocenters. The lowest BCUT2D eigenvalue weighted by molar-refractivity contribution is 0.0184. The summed E-state index contributed by atoms with van der Waals surface area (Å²) in [6.45, 7) is 13.4. The fraction of sp³-hybridized carbons (Fsp3) is 0.645. The van der Waals surface area contributed by atoms with Gasteiger partial charge in [-0.1, -0.05) is 18.2 Å². The van der Waals surface area contributed by atoms with Gasteiger partial charge in [-0.25, -0.2) is 9.78 Å². The zero-order chi connectivity index (χ0) is 28.7. The highest BCUT2D eigenvalue weighted by Crippen LogP contribution is 2.35. The molecule has 216 valence electrons. The number of amides is 1. The maximum absolute atomic E-state index is 12.9. The third-order valence-electron chi connectivity index (χ3n) is 7.41. The Bertz CT molecular complexity index is 1140. The van der Waals surface area contributed by atoms with Crippen LogP contribution in [-0.4, -0.2) is 53.1 Å². The number of piperidine rings is 1. The second-order valence-electron chi connectivity index (χ2n) is 11.7. The van der Waals surface area contributed by atoms with Gasteiger partial charge in [0, 0.05) is 39.7 Å². The maximum Gasteiger partial charge on any atom is 0.410 e. The minimum atomic E-state index is -0.470. The van der Waals surface area contributed by atoms with Crippen molar-refractivity contribution in [2.24, 2.45) is 5.92 Å². The van der Waals surface area contributed by atoms with Gasteiger partial charge < -0.3 is 14.4 Å². The Morgan fingerprint density at radius 2 is 1.74 bits per heavy atom. The number of aromatic nitrogens is 1. The summed E-state index contributed by atoms with van der Waals surface area (Å²) in [4.78, 5) is 34.3. The normalized spacial score (nSPS) is 14.5. The maximum atomic E-state index is 12.9. The summed E-state index contributed by atoms with van der Waals surface area (Å²) in [6, 6.07) is 2.12. The van der Waals surface area contributed by atoms with Crippen molar-refractivity contribution in [1.82, 2.24) is 9.88 Å². The standard InChI is InChI=1S/C31H46N2O4S2/c1-20-18-21(2)32-28(36-7)24(20)12-10-9-11-13-25-27(29(34)38-8)22(3)26(39-25)19-23-14-16-33(17-15-23)30(35)37-31(4,5)6/h18,23H,9-17,19H2,1-8H3. The van der Waals surface area contributed by atoms with E-state index < -0.39 is 5.60 Å². The van der Waals surface area contributed by atoms with Gasteiger partial charge in [-0.2, -0.15) is 0 Å². The van der Waals surface area contributed by atoms with E-state index in [9.17, 15) is 9.59 Å². The predicted octanol–water partition coefficient (Wildman–Crippen LogP) is 7.73. The van der Waals surface area contributed by atoms with Crippen LogP contribution in [0.3, 0.4) is 0 Å². The molecule has 1 fully saturated rings. The molecule has 0 aromatic carbocycles. The lowest BCUT2D eigenvalue weighted by Gasteiger charge is -2.33. The molecule has 2 aromatic rings. The molecule has 6 nitrogen and oxygen atoms in total. The second-order valence-corrected chi connectivity index (χ2v) is 13.7. The lowest BCUT2D eigenvalue weighted by atomic mass is 9.91. The van der Waals surface area contributed by atoms with Crippen LogP contribution in [-0.2, 0) is 24.0 Å². The largest absolute Gasteiger partial charge is 0.481 e. The molecular formula is C31H46N2O4S2. The van der Waals surface area contributed by atoms with Gasteiger partial charge in [-0.05, 0) is 116 Å². The Morgan fingerprint density at radius 3 is 2.36 bits per heavy atom. The van der Waals surface area contributed by atoms with Gasteiger partial charge in [-0.3, -0.25) is 4.79 Å². The molecule has 39 heavy (non-hydrogen) atoms. The quantitative estimate of drug-likeness (QED) is 0.271. The van der Waals surface area contributed by atoms with Gasteiger partial charge in [-0.15, -0.1) is 11.3 Å². The molecule has 0 radical (unpaired) electrons. The highest BCUT2D eigenvalue weighted by Gasteiger charge is 2.28. The third-order valence-corrected chi connectivity index (χ3v) is 9.36. The summed E-state index contributed by atoms with van der Waals surface area (Å²) in [5.41, 5.74) is 5.05. The number of pyridine rings is 1. The first-order chi connectivity index (χ1) is 18.4. The van der Waals surface area contributed by atoms with Crippen LogP contribution in [0.4, 0.5) is 4.79 Å². The number of thioether (sulfide) groups is 1. The summed E-state index contributed by atoms with van der Waals surface area (Å²) in [7, 11) is 1.69. The van der Waals surface area contributed by atoms with E-state index in [0.29, 0.717) is 5.92 Å². The van der Waals surface area contributed by atoms with E-state index in [2.05, 4.69) is 24.9 Å². The van der Waals surface area contributed by atoms with Crippen molar-refractivity contribution in [2.75, 3.05) is 26.5 Å². The first-order valence-corrected chi connectivity index (χ1v) is 16.2. The summed E-state index contributed by atoms with van der Waals surface area (Å²) in [5, 5.41) is 0.177. The smallest absolute Gasteiger partial charge is 0.410 e. The highest BCUT2D eigenvalue weighted by molar-refractivity contribution is 8.13. The predicted molar refractivity (Wildman–Crippen MR) is 163 cm³/mol. The molecule has 0 saturated carbocycles. The van der Waals surface area contributed by atoms with E-state index in [1.165, 1.54) is 32.6 Å². The van der Waals surface area contributed by atoms with Crippen LogP contribution >= 0.6 is 23.1 Å². The number of hydrogen-bond acceptors (Lipinski definition) is 7. The van der Waals surface area contributed by atoms with Gasteiger partial charge in [0.05, 0.1) is 7.11 Å². The Morgan fingerprint density at radius 1 is 1.08 bits per heavy atom. The van der Waals surface area contributed by atoms with Crippen LogP contribution in [0.25, 0.3) is 0 Å². The minimum absolute atomic E-state index is 0.177. The number of hydrogen-bond donors (Lipinski definition) is 0. The van der Waals surface area contributed by atoms with Crippen LogP contribution in [0.15, 0.2) is 6.07 Å². The number of ether oxygens (including phenoxy) is 2. The van der Waals surface area contributed by atoms with E-state index in [0.717, 1.165) is 87.2 Å². The number of rotatable bonds is 10. The number of unbranched alkanes of at least 4 members (excludes halogenated alkanes) is 2. The van der Waals surface area contributed by atoms with E-state index in [4.69, 9.17) is 9.47 Å². The zero-order valence-corrected chi connectivity index (χ0v) is 26.7. The van der Waals surface area contributed by atoms with Gasteiger partial charge in [0.1, 0.15) is 5.60 Å².